The van der Waals surface area contributed by atoms with E-state index in [9.17, 15) is 0 Å². The minimum atomic E-state index is 0.360. The molecule has 0 saturated carbocycles. The molecular weight excluding hydrogens is 322 g/mol. The molecule has 0 aromatic heterocycles. The quantitative estimate of drug-likeness (QED) is 0.825. The van der Waals surface area contributed by atoms with Crippen molar-refractivity contribution in [3.05, 3.63) is 22.2 Å². The Labute approximate surface area is 128 Å². The summed E-state index contributed by atoms with van der Waals surface area (Å²) in [6, 6.07) is 3.98. The van der Waals surface area contributed by atoms with Crippen LogP contribution in [0.4, 0.5) is 0 Å². The van der Waals surface area contributed by atoms with Crippen molar-refractivity contribution in [2.24, 2.45) is 0 Å². The normalized spacial score (nSPS) is 18.2. The highest BCUT2D eigenvalue weighted by Gasteiger charge is 2.15. The summed E-state index contributed by atoms with van der Waals surface area (Å²) in [5.41, 5.74) is 1.16. The molecule has 5 heteroatoms. The van der Waals surface area contributed by atoms with Gasteiger partial charge in [-0.15, -0.1) is 0 Å². The van der Waals surface area contributed by atoms with Gasteiger partial charge in [-0.2, -0.15) is 0 Å². The van der Waals surface area contributed by atoms with Crippen LogP contribution in [0.25, 0.3) is 0 Å². The molecule has 0 bridgehead atoms. The molecule has 1 unspecified atom stereocenters. The lowest BCUT2D eigenvalue weighted by molar-refractivity contribution is 0.110. The van der Waals surface area contributed by atoms with E-state index in [0.29, 0.717) is 12.7 Å². The fourth-order valence-electron chi connectivity index (χ4n) is 2.31. The van der Waals surface area contributed by atoms with E-state index in [4.69, 9.17) is 14.2 Å². The average molecular weight is 344 g/mol. The Hall–Kier alpha value is -0.780. The lowest BCUT2D eigenvalue weighted by atomic mass is 10.2. The summed E-state index contributed by atoms with van der Waals surface area (Å²) in [6.07, 6.45) is 2.69. The number of rotatable bonds is 7. The van der Waals surface area contributed by atoms with Gasteiger partial charge in [-0.05, 0) is 37.5 Å². The number of nitrogens with one attached hydrogen (secondary N) is 1. The van der Waals surface area contributed by atoms with Crippen LogP contribution in [0, 0.1) is 0 Å². The van der Waals surface area contributed by atoms with Crippen LogP contribution in [0.15, 0.2) is 16.6 Å². The second-order valence-corrected chi connectivity index (χ2v) is 5.65. The highest BCUT2D eigenvalue weighted by molar-refractivity contribution is 9.10. The molecule has 1 aliphatic rings. The minimum absolute atomic E-state index is 0.360. The van der Waals surface area contributed by atoms with Crippen LogP contribution in [0.5, 0.6) is 11.5 Å². The largest absolute Gasteiger partial charge is 0.493 e. The molecule has 20 heavy (non-hydrogen) atoms. The molecule has 1 atom stereocenters. The first kappa shape index (κ1) is 15.6. The van der Waals surface area contributed by atoms with Crippen LogP contribution in [0.2, 0.25) is 0 Å². The van der Waals surface area contributed by atoms with Gasteiger partial charge in [0.25, 0.3) is 0 Å². The summed E-state index contributed by atoms with van der Waals surface area (Å²) < 4.78 is 17.6. The van der Waals surface area contributed by atoms with Gasteiger partial charge in [-0.25, -0.2) is 0 Å². The maximum Gasteiger partial charge on any atom is 0.161 e. The van der Waals surface area contributed by atoms with Crippen LogP contribution in [-0.2, 0) is 11.3 Å². The molecule has 0 radical (unpaired) electrons. The third-order valence-corrected chi connectivity index (χ3v) is 4.08. The summed E-state index contributed by atoms with van der Waals surface area (Å²) in [7, 11) is 1.65. The summed E-state index contributed by atoms with van der Waals surface area (Å²) in [6.45, 7) is 5.16. The molecule has 1 aromatic rings. The Morgan fingerprint density at radius 1 is 1.40 bits per heavy atom. The molecule has 1 N–H and O–H groups in total. The molecule has 0 aliphatic carbocycles. The van der Waals surface area contributed by atoms with Crippen molar-refractivity contribution in [2.75, 3.05) is 26.9 Å². The Kier molecular flexibility index (Phi) is 6.13. The van der Waals surface area contributed by atoms with Crippen molar-refractivity contribution in [3.8, 4) is 11.5 Å². The molecule has 1 fully saturated rings. The number of hydrogen-bond donors (Lipinski definition) is 1. The van der Waals surface area contributed by atoms with Crippen LogP contribution in [-0.4, -0.2) is 33.0 Å². The molecule has 1 aliphatic heterocycles. The monoisotopic (exact) mass is 343 g/mol. The molecule has 0 amide bonds. The molecule has 0 spiro atoms. The fourth-order valence-corrected chi connectivity index (χ4v) is 2.78. The molecule has 1 heterocycles. The van der Waals surface area contributed by atoms with Gasteiger partial charge in [0.15, 0.2) is 11.5 Å². The SMILES string of the molecule is CCOc1cc(CNCC2CCCO2)c(Br)cc1OC. The Balaban J connectivity index is 1.96. The van der Waals surface area contributed by atoms with E-state index < -0.39 is 0 Å². The van der Waals surface area contributed by atoms with Crippen molar-refractivity contribution < 1.29 is 14.2 Å². The number of ether oxygens (including phenoxy) is 3. The Morgan fingerprint density at radius 3 is 2.90 bits per heavy atom. The second kappa shape index (κ2) is 7.86. The molecule has 1 saturated heterocycles. The van der Waals surface area contributed by atoms with Crippen molar-refractivity contribution in [2.45, 2.75) is 32.4 Å². The smallest absolute Gasteiger partial charge is 0.161 e. The highest BCUT2D eigenvalue weighted by Crippen LogP contribution is 2.33. The lowest BCUT2D eigenvalue weighted by Gasteiger charge is -2.15. The topological polar surface area (TPSA) is 39.7 Å². The van der Waals surface area contributed by atoms with E-state index in [2.05, 4.69) is 21.2 Å². The molecular formula is C15H22BrNO3. The fraction of sp³-hybridized carbons (Fsp3) is 0.600. The second-order valence-electron chi connectivity index (χ2n) is 4.79. The number of hydrogen-bond acceptors (Lipinski definition) is 4. The van der Waals surface area contributed by atoms with Crippen LogP contribution >= 0.6 is 15.9 Å². The van der Waals surface area contributed by atoms with Crippen molar-refractivity contribution in [1.29, 1.82) is 0 Å². The van der Waals surface area contributed by atoms with E-state index in [-0.39, 0.29) is 0 Å². The van der Waals surface area contributed by atoms with Gasteiger partial charge in [0.1, 0.15) is 0 Å². The van der Waals surface area contributed by atoms with E-state index in [0.717, 1.165) is 47.7 Å². The average Bonchev–Trinajstić information content (AvgIpc) is 2.95. The van der Waals surface area contributed by atoms with Gasteiger partial charge in [0, 0.05) is 24.2 Å². The van der Waals surface area contributed by atoms with Gasteiger partial charge in [-0.3, -0.25) is 0 Å². The zero-order valence-electron chi connectivity index (χ0n) is 12.1. The third kappa shape index (κ3) is 4.11. The van der Waals surface area contributed by atoms with Crippen molar-refractivity contribution in [3.63, 3.8) is 0 Å². The predicted octanol–water partition coefficient (Wildman–Crippen LogP) is 3.13. The maximum atomic E-state index is 5.61. The van der Waals surface area contributed by atoms with E-state index >= 15 is 0 Å². The number of methoxy groups -OCH3 is 1. The maximum absolute atomic E-state index is 5.61. The first-order valence-corrected chi connectivity index (χ1v) is 7.85. The minimum Gasteiger partial charge on any atom is -0.493 e. The molecule has 1 aromatic carbocycles. The number of benzene rings is 1. The van der Waals surface area contributed by atoms with Gasteiger partial charge in [0.2, 0.25) is 0 Å². The number of halogens is 1. The van der Waals surface area contributed by atoms with Crippen molar-refractivity contribution >= 4 is 15.9 Å². The van der Waals surface area contributed by atoms with E-state index in [1.165, 1.54) is 6.42 Å². The summed E-state index contributed by atoms with van der Waals surface area (Å²) in [5.74, 6) is 1.54. The zero-order valence-corrected chi connectivity index (χ0v) is 13.7. The Morgan fingerprint density at radius 2 is 2.25 bits per heavy atom. The van der Waals surface area contributed by atoms with Crippen LogP contribution < -0.4 is 14.8 Å². The van der Waals surface area contributed by atoms with Gasteiger partial charge in [0.05, 0.1) is 19.8 Å². The van der Waals surface area contributed by atoms with Gasteiger partial charge < -0.3 is 19.5 Å². The summed E-state index contributed by atoms with van der Waals surface area (Å²) in [5, 5.41) is 3.44. The first-order chi connectivity index (χ1) is 9.74. The van der Waals surface area contributed by atoms with Gasteiger partial charge in [-0.1, -0.05) is 15.9 Å². The van der Waals surface area contributed by atoms with Crippen molar-refractivity contribution in [1.82, 2.24) is 5.32 Å². The molecule has 4 nitrogen and oxygen atoms in total. The molecule has 112 valence electrons. The molecule has 2 rings (SSSR count). The Bertz CT molecular complexity index is 433. The highest BCUT2D eigenvalue weighted by atomic mass is 79.9. The summed E-state index contributed by atoms with van der Waals surface area (Å²) in [4.78, 5) is 0. The summed E-state index contributed by atoms with van der Waals surface area (Å²) >= 11 is 3.58. The zero-order chi connectivity index (χ0) is 14.4. The van der Waals surface area contributed by atoms with E-state index in [1.807, 2.05) is 19.1 Å². The van der Waals surface area contributed by atoms with E-state index in [1.54, 1.807) is 7.11 Å². The third-order valence-electron chi connectivity index (χ3n) is 3.34. The van der Waals surface area contributed by atoms with Crippen LogP contribution in [0.1, 0.15) is 25.3 Å². The standard InChI is InChI=1S/C15H22BrNO3/c1-3-19-15-7-11(13(16)8-14(15)18-2)9-17-10-12-5-4-6-20-12/h7-8,12,17H,3-6,9-10H2,1-2H3. The lowest BCUT2D eigenvalue weighted by Crippen LogP contribution is -2.25. The predicted molar refractivity (Wildman–Crippen MR) is 82.5 cm³/mol. The first-order valence-electron chi connectivity index (χ1n) is 7.06. The van der Waals surface area contributed by atoms with Crippen LogP contribution in [0.3, 0.4) is 0 Å². The van der Waals surface area contributed by atoms with Gasteiger partial charge >= 0.3 is 0 Å².